The molecular formula is C23H29N5O5S. The number of hydrogen-bond donors (Lipinski definition) is 0. The Morgan fingerprint density at radius 1 is 0.824 bits per heavy atom. The van der Waals surface area contributed by atoms with E-state index in [0.29, 0.717) is 71.3 Å². The van der Waals surface area contributed by atoms with Crippen LogP contribution in [0, 0.1) is 10.1 Å². The number of ether oxygens (including phenoxy) is 1. The number of nitro groups is 1. The van der Waals surface area contributed by atoms with Crippen molar-refractivity contribution in [2.24, 2.45) is 0 Å². The van der Waals surface area contributed by atoms with E-state index >= 15 is 0 Å². The highest BCUT2D eigenvalue weighted by Gasteiger charge is 2.34. The minimum atomic E-state index is -3.50. The van der Waals surface area contributed by atoms with Crippen LogP contribution >= 0.6 is 0 Å². The van der Waals surface area contributed by atoms with Gasteiger partial charge in [-0.1, -0.05) is 24.3 Å². The van der Waals surface area contributed by atoms with Gasteiger partial charge in [0.25, 0.3) is 15.9 Å². The van der Waals surface area contributed by atoms with Gasteiger partial charge in [0.15, 0.2) is 0 Å². The molecule has 2 aromatic rings. The van der Waals surface area contributed by atoms with Crippen LogP contribution in [0.2, 0.25) is 0 Å². The minimum Gasteiger partial charge on any atom is -0.379 e. The summed E-state index contributed by atoms with van der Waals surface area (Å²) < 4.78 is 34.2. The number of benzene rings is 2. The average molecular weight is 488 g/mol. The van der Waals surface area contributed by atoms with Gasteiger partial charge in [0, 0.05) is 64.1 Å². The minimum absolute atomic E-state index is 0.0941. The molecule has 5 rings (SSSR count). The van der Waals surface area contributed by atoms with Crippen LogP contribution in [-0.4, -0.2) is 81.0 Å². The summed E-state index contributed by atoms with van der Waals surface area (Å²) in [5.41, 5.74) is 4.06. The zero-order valence-electron chi connectivity index (χ0n) is 19.0. The summed E-state index contributed by atoms with van der Waals surface area (Å²) in [7, 11) is -3.50. The molecule has 0 unspecified atom stereocenters. The van der Waals surface area contributed by atoms with Crippen molar-refractivity contribution in [3.63, 3.8) is 0 Å². The normalized spacial score (nSPS) is 20.2. The third-order valence-corrected chi connectivity index (χ3v) is 8.89. The van der Waals surface area contributed by atoms with Gasteiger partial charge in [-0.2, -0.15) is 17.0 Å². The highest BCUT2D eigenvalue weighted by molar-refractivity contribution is 7.86. The van der Waals surface area contributed by atoms with Crippen molar-refractivity contribution in [1.29, 1.82) is 0 Å². The van der Waals surface area contributed by atoms with Crippen molar-refractivity contribution in [2.45, 2.75) is 13.0 Å². The van der Waals surface area contributed by atoms with E-state index in [9.17, 15) is 18.5 Å². The van der Waals surface area contributed by atoms with Gasteiger partial charge in [0.1, 0.15) is 5.69 Å². The fourth-order valence-corrected chi connectivity index (χ4v) is 6.50. The number of nitrogens with zero attached hydrogens (tertiary/aromatic N) is 5. The zero-order chi connectivity index (χ0) is 23.7. The van der Waals surface area contributed by atoms with Gasteiger partial charge >= 0.3 is 0 Å². The summed E-state index contributed by atoms with van der Waals surface area (Å²) in [4.78, 5) is 15.6. The molecule has 0 saturated carbocycles. The topological polar surface area (TPSA) is 99.5 Å². The molecule has 2 fully saturated rings. The molecular weight excluding hydrogens is 458 g/mol. The molecule has 0 amide bonds. The SMILES string of the molecule is O=[N+]([O-])c1ccc(N2CCN(S(=O)(=O)N3CCOCC3)CC2)cc1N1CCc2ccccc2C1. The smallest absolute Gasteiger partial charge is 0.292 e. The Balaban J connectivity index is 1.33. The van der Waals surface area contributed by atoms with Crippen molar-refractivity contribution >= 4 is 27.3 Å². The lowest BCUT2D eigenvalue weighted by molar-refractivity contribution is -0.384. The summed E-state index contributed by atoms with van der Waals surface area (Å²) in [6.45, 7) is 4.77. The first-order valence-electron chi connectivity index (χ1n) is 11.6. The van der Waals surface area contributed by atoms with Crippen LogP contribution in [0.3, 0.4) is 0 Å². The van der Waals surface area contributed by atoms with Crippen LogP contribution in [0.25, 0.3) is 0 Å². The summed E-state index contributed by atoms with van der Waals surface area (Å²) in [5.74, 6) is 0. The predicted octanol–water partition coefficient (Wildman–Crippen LogP) is 1.86. The Kier molecular flexibility index (Phi) is 6.43. The van der Waals surface area contributed by atoms with Gasteiger partial charge in [0.2, 0.25) is 0 Å². The van der Waals surface area contributed by atoms with Crippen LogP contribution in [0.4, 0.5) is 17.1 Å². The second-order valence-electron chi connectivity index (χ2n) is 8.78. The van der Waals surface area contributed by atoms with E-state index in [1.54, 1.807) is 12.1 Å². The van der Waals surface area contributed by atoms with Crippen LogP contribution in [0.1, 0.15) is 11.1 Å². The first-order chi connectivity index (χ1) is 16.4. The first kappa shape index (κ1) is 23.0. The molecule has 182 valence electrons. The third kappa shape index (κ3) is 4.48. The maximum absolute atomic E-state index is 13.0. The van der Waals surface area contributed by atoms with Gasteiger partial charge < -0.3 is 14.5 Å². The molecule has 3 aliphatic rings. The molecule has 34 heavy (non-hydrogen) atoms. The van der Waals surface area contributed by atoms with Crippen molar-refractivity contribution < 1.29 is 18.1 Å². The standard InChI is InChI=1S/C23H29N5O5S/c29-28(30)22-6-5-21(17-23(22)25-8-7-19-3-1-2-4-20(19)18-25)24-9-11-26(12-10-24)34(31,32)27-13-15-33-16-14-27/h1-6,17H,7-16,18H2. The number of hydrogen-bond acceptors (Lipinski definition) is 7. The molecule has 2 aromatic carbocycles. The van der Waals surface area contributed by atoms with E-state index in [1.807, 2.05) is 18.2 Å². The van der Waals surface area contributed by atoms with E-state index < -0.39 is 10.2 Å². The fraction of sp³-hybridized carbons (Fsp3) is 0.478. The largest absolute Gasteiger partial charge is 0.379 e. The third-order valence-electron chi connectivity index (χ3n) is 6.85. The van der Waals surface area contributed by atoms with Gasteiger partial charge in [0.05, 0.1) is 18.1 Å². The summed E-state index contributed by atoms with van der Waals surface area (Å²) in [6, 6.07) is 13.4. The van der Waals surface area contributed by atoms with Crippen molar-refractivity contribution in [2.75, 3.05) is 68.8 Å². The monoisotopic (exact) mass is 487 g/mol. The maximum atomic E-state index is 13.0. The van der Waals surface area contributed by atoms with Crippen LogP contribution in [-0.2, 0) is 27.9 Å². The van der Waals surface area contributed by atoms with Gasteiger partial charge in [-0.15, -0.1) is 0 Å². The van der Waals surface area contributed by atoms with Crippen molar-refractivity contribution in [3.05, 3.63) is 63.7 Å². The highest BCUT2D eigenvalue weighted by atomic mass is 32.2. The Bertz CT molecular complexity index is 1160. The van der Waals surface area contributed by atoms with E-state index in [0.717, 1.165) is 12.1 Å². The van der Waals surface area contributed by atoms with Crippen molar-refractivity contribution in [1.82, 2.24) is 8.61 Å². The van der Waals surface area contributed by atoms with Crippen LogP contribution in [0.15, 0.2) is 42.5 Å². The lowest BCUT2D eigenvalue weighted by Crippen LogP contribution is -2.55. The molecule has 0 atom stereocenters. The van der Waals surface area contributed by atoms with E-state index in [2.05, 4.69) is 21.9 Å². The van der Waals surface area contributed by atoms with Gasteiger partial charge in [-0.05, 0) is 29.7 Å². The molecule has 0 radical (unpaired) electrons. The lowest BCUT2D eigenvalue weighted by atomic mass is 9.99. The van der Waals surface area contributed by atoms with E-state index in [1.165, 1.54) is 19.7 Å². The fourth-order valence-electron chi connectivity index (χ4n) is 4.94. The quantitative estimate of drug-likeness (QED) is 0.469. The zero-order valence-corrected chi connectivity index (χ0v) is 19.8. The summed E-state index contributed by atoms with van der Waals surface area (Å²) >= 11 is 0. The maximum Gasteiger partial charge on any atom is 0.292 e. The highest BCUT2D eigenvalue weighted by Crippen LogP contribution is 2.36. The molecule has 11 heteroatoms. The molecule has 0 aromatic heterocycles. The molecule has 10 nitrogen and oxygen atoms in total. The molecule has 0 N–H and O–H groups in total. The molecule has 2 saturated heterocycles. The summed E-state index contributed by atoms with van der Waals surface area (Å²) in [6.07, 6.45) is 0.843. The van der Waals surface area contributed by atoms with E-state index in [-0.39, 0.29) is 10.6 Å². The number of anilines is 2. The summed E-state index contributed by atoms with van der Waals surface area (Å²) in [5, 5.41) is 11.8. The molecule has 0 spiro atoms. The van der Waals surface area contributed by atoms with Gasteiger partial charge in [-0.25, -0.2) is 0 Å². The Hall–Kier alpha value is -2.73. The lowest BCUT2D eigenvalue weighted by Gasteiger charge is -2.39. The molecule has 0 aliphatic carbocycles. The Labute approximate surface area is 199 Å². The molecule has 3 aliphatic heterocycles. The number of piperazine rings is 1. The second kappa shape index (κ2) is 9.49. The van der Waals surface area contributed by atoms with Gasteiger partial charge in [-0.3, -0.25) is 10.1 Å². The van der Waals surface area contributed by atoms with E-state index in [4.69, 9.17) is 4.74 Å². The number of fused-ring (bicyclic) bond motifs is 1. The second-order valence-corrected chi connectivity index (χ2v) is 10.7. The van der Waals surface area contributed by atoms with Crippen LogP contribution < -0.4 is 9.80 Å². The molecule has 0 bridgehead atoms. The van der Waals surface area contributed by atoms with Crippen LogP contribution in [0.5, 0.6) is 0 Å². The number of nitro benzene ring substituents is 1. The number of morpholine rings is 1. The Morgan fingerprint density at radius 2 is 1.50 bits per heavy atom. The average Bonchev–Trinajstić information content (AvgIpc) is 2.88. The Morgan fingerprint density at radius 3 is 2.21 bits per heavy atom. The van der Waals surface area contributed by atoms with Crippen molar-refractivity contribution in [3.8, 4) is 0 Å². The number of rotatable bonds is 5. The first-order valence-corrected chi connectivity index (χ1v) is 13.0. The predicted molar refractivity (Wildman–Crippen MR) is 129 cm³/mol. The molecule has 3 heterocycles.